The first-order chi connectivity index (χ1) is 16.5. The van der Waals surface area contributed by atoms with Gasteiger partial charge in [0.2, 0.25) is 10.0 Å². The molecular weight excluding hydrogens is 485 g/mol. The van der Waals surface area contributed by atoms with Crippen LogP contribution in [0.4, 0.5) is 13.2 Å². The standard InChI is InChI=1S/C23H19F3N4O4S/c1-13-12-14(24)6-7-15(13)20-16-8-9-19(31)30(21-17(25)4-3-5-18(21)26)22(16)29-23(28-20)34-11-10-27-35(2,32)33/h3-9,12,27H,10-11H2,1-2H3. The van der Waals surface area contributed by atoms with E-state index in [2.05, 4.69) is 14.7 Å². The zero-order valence-electron chi connectivity index (χ0n) is 18.5. The van der Waals surface area contributed by atoms with Gasteiger partial charge in [0, 0.05) is 23.6 Å². The molecule has 0 atom stereocenters. The number of halogens is 3. The van der Waals surface area contributed by atoms with Crippen molar-refractivity contribution < 1.29 is 26.3 Å². The van der Waals surface area contributed by atoms with Crippen molar-refractivity contribution in [3.05, 3.63) is 81.9 Å². The molecule has 4 rings (SSSR count). The van der Waals surface area contributed by atoms with Crippen LogP contribution in [-0.4, -0.2) is 42.4 Å². The topological polar surface area (TPSA) is 103 Å². The summed E-state index contributed by atoms with van der Waals surface area (Å²) in [6.07, 6.45) is 0.983. The summed E-state index contributed by atoms with van der Waals surface area (Å²) in [5.41, 5.74) is -0.341. The lowest BCUT2D eigenvalue weighted by Gasteiger charge is -2.15. The smallest absolute Gasteiger partial charge is 0.319 e. The van der Waals surface area contributed by atoms with E-state index in [1.807, 2.05) is 0 Å². The van der Waals surface area contributed by atoms with Crippen LogP contribution in [0.5, 0.6) is 6.01 Å². The van der Waals surface area contributed by atoms with Crippen molar-refractivity contribution in [2.24, 2.45) is 0 Å². The maximum Gasteiger partial charge on any atom is 0.319 e. The average Bonchev–Trinajstić information content (AvgIpc) is 2.77. The molecule has 0 spiro atoms. The van der Waals surface area contributed by atoms with Crippen molar-refractivity contribution in [2.45, 2.75) is 6.92 Å². The Hall–Kier alpha value is -3.77. The number of nitrogens with zero attached hydrogens (tertiary/aromatic N) is 3. The summed E-state index contributed by atoms with van der Waals surface area (Å²) in [4.78, 5) is 21.4. The number of hydrogen-bond donors (Lipinski definition) is 1. The Labute approximate surface area is 198 Å². The van der Waals surface area contributed by atoms with Crippen LogP contribution in [0.1, 0.15) is 5.56 Å². The third kappa shape index (κ3) is 5.17. The number of benzene rings is 2. The normalized spacial score (nSPS) is 11.7. The van der Waals surface area contributed by atoms with Crippen LogP contribution in [0.15, 0.2) is 53.3 Å². The summed E-state index contributed by atoms with van der Waals surface area (Å²) in [6.45, 7) is 1.37. The molecule has 0 aliphatic rings. The molecule has 0 radical (unpaired) electrons. The van der Waals surface area contributed by atoms with Gasteiger partial charge >= 0.3 is 6.01 Å². The van der Waals surface area contributed by atoms with E-state index >= 15 is 0 Å². The zero-order chi connectivity index (χ0) is 25.3. The summed E-state index contributed by atoms with van der Waals surface area (Å²) < 4.78 is 74.1. The molecule has 2 aromatic carbocycles. The highest BCUT2D eigenvalue weighted by molar-refractivity contribution is 7.88. The van der Waals surface area contributed by atoms with Gasteiger partial charge in [-0.15, -0.1) is 0 Å². The van der Waals surface area contributed by atoms with E-state index in [0.717, 1.165) is 35.1 Å². The minimum atomic E-state index is -3.47. The highest BCUT2D eigenvalue weighted by Gasteiger charge is 2.20. The Morgan fingerprint density at radius 3 is 2.40 bits per heavy atom. The molecule has 0 aliphatic carbocycles. The average molecular weight is 504 g/mol. The molecule has 12 heteroatoms. The molecular formula is C23H19F3N4O4S. The fourth-order valence-electron chi connectivity index (χ4n) is 3.55. The number of pyridine rings is 1. The van der Waals surface area contributed by atoms with Gasteiger partial charge in [-0.2, -0.15) is 9.97 Å². The van der Waals surface area contributed by atoms with Crippen molar-refractivity contribution in [3.63, 3.8) is 0 Å². The van der Waals surface area contributed by atoms with E-state index in [1.165, 1.54) is 24.3 Å². The second-order valence-electron chi connectivity index (χ2n) is 7.64. The van der Waals surface area contributed by atoms with E-state index in [-0.39, 0.29) is 35.9 Å². The van der Waals surface area contributed by atoms with E-state index in [0.29, 0.717) is 11.1 Å². The van der Waals surface area contributed by atoms with E-state index in [4.69, 9.17) is 4.74 Å². The molecule has 2 aromatic heterocycles. The number of nitrogens with one attached hydrogen (secondary N) is 1. The second kappa shape index (κ2) is 9.47. The van der Waals surface area contributed by atoms with Gasteiger partial charge in [0.15, 0.2) is 5.65 Å². The van der Waals surface area contributed by atoms with Crippen molar-refractivity contribution in [2.75, 3.05) is 19.4 Å². The van der Waals surface area contributed by atoms with Gasteiger partial charge < -0.3 is 4.74 Å². The SMILES string of the molecule is Cc1cc(F)ccc1-c1nc(OCCNS(C)(=O)=O)nc2c1ccc(=O)n2-c1c(F)cccc1F. The number of aromatic nitrogens is 3. The molecule has 0 saturated heterocycles. The molecule has 0 unspecified atom stereocenters. The first-order valence-corrected chi connectivity index (χ1v) is 12.2. The first kappa shape index (κ1) is 24.4. The number of aryl methyl sites for hydroxylation is 1. The summed E-state index contributed by atoms with van der Waals surface area (Å²) in [5.74, 6) is -2.45. The lowest BCUT2D eigenvalue weighted by molar-refractivity contribution is 0.299. The molecule has 0 bridgehead atoms. The van der Waals surface area contributed by atoms with Gasteiger partial charge in [0.05, 0.1) is 11.9 Å². The predicted molar refractivity (Wildman–Crippen MR) is 124 cm³/mol. The third-order valence-corrected chi connectivity index (χ3v) is 5.76. The third-order valence-electron chi connectivity index (χ3n) is 5.03. The van der Waals surface area contributed by atoms with Crippen LogP contribution < -0.4 is 15.0 Å². The van der Waals surface area contributed by atoms with Crippen LogP contribution in [-0.2, 0) is 10.0 Å². The second-order valence-corrected chi connectivity index (χ2v) is 9.48. The molecule has 2 heterocycles. The van der Waals surface area contributed by atoms with Gasteiger partial charge in [0.1, 0.15) is 29.7 Å². The van der Waals surface area contributed by atoms with Gasteiger partial charge in [-0.1, -0.05) is 6.07 Å². The molecule has 0 aliphatic heterocycles. The van der Waals surface area contributed by atoms with Crippen molar-refractivity contribution in [3.8, 4) is 23.0 Å². The summed E-state index contributed by atoms with van der Waals surface area (Å²) in [7, 11) is -3.47. The molecule has 0 saturated carbocycles. The van der Waals surface area contributed by atoms with Crippen LogP contribution in [0.2, 0.25) is 0 Å². The fraction of sp³-hybridized carbons (Fsp3) is 0.174. The highest BCUT2D eigenvalue weighted by atomic mass is 32.2. The summed E-state index contributed by atoms with van der Waals surface area (Å²) in [6, 6.07) is 9.40. The maximum absolute atomic E-state index is 14.7. The lowest BCUT2D eigenvalue weighted by Crippen LogP contribution is -2.27. The Kier molecular flexibility index (Phi) is 6.59. The fourth-order valence-corrected chi connectivity index (χ4v) is 4.00. The van der Waals surface area contributed by atoms with Gasteiger partial charge in [-0.3, -0.25) is 9.36 Å². The number of ether oxygens (including phenoxy) is 1. The first-order valence-electron chi connectivity index (χ1n) is 10.3. The molecule has 182 valence electrons. The molecule has 0 amide bonds. The minimum absolute atomic E-state index is 0.103. The van der Waals surface area contributed by atoms with Crippen LogP contribution >= 0.6 is 0 Å². The number of sulfonamides is 1. The minimum Gasteiger partial charge on any atom is -0.462 e. The van der Waals surface area contributed by atoms with Crippen LogP contribution in [0, 0.1) is 24.4 Å². The Morgan fingerprint density at radius 2 is 1.74 bits per heavy atom. The Morgan fingerprint density at radius 1 is 1.03 bits per heavy atom. The number of rotatable bonds is 7. The summed E-state index contributed by atoms with van der Waals surface area (Å²) >= 11 is 0. The van der Waals surface area contributed by atoms with Crippen molar-refractivity contribution in [1.82, 2.24) is 19.3 Å². The molecule has 35 heavy (non-hydrogen) atoms. The molecule has 4 aromatic rings. The highest BCUT2D eigenvalue weighted by Crippen LogP contribution is 2.31. The molecule has 8 nitrogen and oxygen atoms in total. The number of para-hydroxylation sites is 1. The largest absolute Gasteiger partial charge is 0.462 e. The van der Waals surface area contributed by atoms with Crippen LogP contribution in [0.25, 0.3) is 28.0 Å². The van der Waals surface area contributed by atoms with Crippen LogP contribution in [0.3, 0.4) is 0 Å². The Balaban J connectivity index is 1.96. The number of fused-ring (bicyclic) bond motifs is 1. The van der Waals surface area contributed by atoms with Gasteiger partial charge in [-0.25, -0.2) is 26.3 Å². The van der Waals surface area contributed by atoms with Crippen molar-refractivity contribution in [1.29, 1.82) is 0 Å². The van der Waals surface area contributed by atoms with Crippen molar-refractivity contribution >= 4 is 21.1 Å². The monoisotopic (exact) mass is 504 g/mol. The Bertz CT molecular complexity index is 1590. The van der Waals surface area contributed by atoms with Gasteiger partial charge in [0.25, 0.3) is 5.56 Å². The molecule has 1 N–H and O–H groups in total. The lowest BCUT2D eigenvalue weighted by atomic mass is 10.0. The zero-order valence-corrected chi connectivity index (χ0v) is 19.4. The molecule has 0 fully saturated rings. The van der Waals surface area contributed by atoms with E-state index in [9.17, 15) is 26.4 Å². The van der Waals surface area contributed by atoms with E-state index in [1.54, 1.807) is 6.92 Å². The quantitative estimate of drug-likeness (QED) is 0.388. The predicted octanol–water partition coefficient (Wildman–Crippen LogP) is 3.10. The van der Waals surface area contributed by atoms with Gasteiger partial charge in [-0.05, 0) is 48.9 Å². The van der Waals surface area contributed by atoms with E-state index < -0.39 is 38.7 Å². The number of hydrogen-bond acceptors (Lipinski definition) is 6. The maximum atomic E-state index is 14.7. The summed E-state index contributed by atoms with van der Waals surface area (Å²) in [5, 5.41) is 0.253.